The fraction of sp³-hybridized carbons (Fsp3) is 0.111. The number of halogens is 3. The van der Waals surface area contributed by atoms with E-state index in [1.807, 2.05) is 6.07 Å². The Hall–Kier alpha value is -3.27. The van der Waals surface area contributed by atoms with E-state index in [1.165, 1.54) is 24.3 Å². The quantitative estimate of drug-likeness (QED) is 0.575. The third-order valence-corrected chi connectivity index (χ3v) is 3.00. The summed E-state index contributed by atoms with van der Waals surface area (Å²) in [6, 6.07) is 13.3. The van der Waals surface area contributed by atoms with Gasteiger partial charge in [-0.2, -0.15) is 5.26 Å². The molecule has 0 saturated carbocycles. The van der Waals surface area contributed by atoms with Crippen molar-refractivity contribution in [3.63, 3.8) is 0 Å². The summed E-state index contributed by atoms with van der Waals surface area (Å²) >= 11 is 0. The van der Waals surface area contributed by atoms with Gasteiger partial charge in [0.2, 0.25) is 0 Å². The standard InChI is InChI=1S/C18H12F3NO3/c19-18(20,21)25-15-8-5-13(6-9-15)16(23)10-7-14-3-1-2-4-17(14)24-12-11-22/h1-10H,12H2. The van der Waals surface area contributed by atoms with E-state index in [1.54, 1.807) is 24.3 Å². The van der Waals surface area contributed by atoms with E-state index in [9.17, 15) is 18.0 Å². The first kappa shape index (κ1) is 18.1. The van der Waals surface area contributed by atoms with Gasteiger partial charge in [0.05, 0.1) is 0 Å². The number of nitriles is 1. The van der Waals surface area contributed by atoms with Crippen molar-refractivity contribution in [2.24, 2.45) is 0 Å². The van der Waals surface area contributed by atoms with Crippen LogP contribution in [0, 0.1) is 11.3 Å². The zero-order valence-electron chi connectivity index (χ0n) is 12.8. The van der Waals surface area contributed by atoms with E-state index in [0.717, 1.165) is 12.1 Å². The zero-order valence-corrected chi connectivity index (χ0v) is 12.8. The van der Waals surface area contributed by atoms with Crippen molar-refractivity contribution < 1.29 is 27.4 Å². The highest BCUT2D eigenvalue weighted by atomic mass is 19.4. The van der Waals surface area contributed by atoms with Crippen LogP contribution in [0.1, 0.15) is 15.9 Å². The maximum Gasteiger partial charge on any atom is 0.573 e. The van der Waals surface area contributed by atoms with Crippen molar-refractivity contribution in [2.75, 3.05) is 6.61 Å². The van der Waals surface area contributed by atoms with Gasteiger partial charge in [-0.3, -0.25) is 4.79 Å². The van der Waals surface area contributed by atoms with Crippen LogP contribution in [-0.4, -0.2) is 18.8 Å². The normalized spacial score (nSPS) is 11.1. The van der Waals surface area contributed by atoms with Gasteiger partial charge in [-0.05, 0) is 42.5 Å². The number of nitrogens with zero attached hydrogens (tertiary/aromatic N) is 1. The molecule has 2 aromatic carbocycles. The summed E-state index contributed by atoms with van der Waals surface area (Å²) in [5.74, 6) is -0.348. The van der Waals surface area contributed by atoms with E-state index >= 15 is 0 Å². The largest absolute Gasteiger partial charge is 0.573 e. The van der Waals surface area contributed by atoms with Crippen LogP contribution in [0.15, 0.2) is 54.6 Å². The molecule has 0 spiro atoms. The monoisotopic (exact) mass is 347 g/mol. The van der Waals surface area contributed by atoms with Crippen LogP contribution in [0.5, 0.6) is 11.5 Å². The molecule has 0 unspecified atom stereocenters. The molecule has 0 aliphatic heterocycles. The summed E-state index contributed by atoms with van der Waals surface area (Å²) in [5, 5.41) is 8.55. The van der Waals surface area contributed by atoms with Crippen LogP contribution >= 0.6 is 0 Å². The fourth-order valence-corrected chi connectivity index (χ4v) is 1.94. The summed E-state index contributed by atoms with van der Waals surface area (Å²) in [6.45, 7) is -0.126. The topological polar surface area (TPSA) is 59.3 Å². The average Bonchev–Trinajstić information content (AvgIpc) is 2.57. The van der Waals surface area contributed by atoms with E-state index < -0.39 is 17.9 Å². The van der Waals surface area contributed by atoms with Crippen LogP contribution in [0.2, 0.25) is 0 Å². The van der Waals surface area contributed by atoms with Gasteiger partial charge in [0, 0.05) is 11.1 Å². The number of alkyl halides is 3. The Morgan fingerprint density at radius 2 is 1.80 bits per heavy atom. The molecule has 0 atom stereocenters. The molecule has 0 aromatic heterocycles. The molecular formula is C18H12F3NO3. The Morgan fingerprint density at radius 1 is 1.12 bits per heavy atom. The summed E-state index contributed by atoms with van der Waals surface area (Å²) in [6.07, 6.45) is -2.00. The number of carbonyl (C=O) groups is 1. The SMILES string of the molecule is N#CCOc1ccccc1C=CC(=O)c1ccc(OC(F)(F)F)cc1. The Bertz CT molecular complexity index is 806. The molecule has 128 valence electrons. The van der Waals surface area contributed by atoms with Crippen molar-refractivity contribution in [1.29, 1.82) is 5.26 Å². The first-order chi connectivity index (χ1) is 11.9. The number of hydrogen-bond donors (Lipinski definition) is 0. The molecule has 0 aliphatic rings. The Morgan fingerprint density at radius 3 is 2.44 bits per heavy atom. The maximum absolute atomic E-state index is 12.1. The van der Waals surface area contributed by atoms with Gasteiger partial charge in [-0.15, -0.1) is 13.2 Å². The smallest absolute Gasteiger partial charge is 0.478 e. The highest BCUT2D eigenvalue weighted by Crippen LogP contribution is 2.23. The van der Waals surface area contributed by atoms with Crippen LogP contribution < -0.4 is 9.47 Å². The molecule has 0 fully saturated rings. The fourth-order valence-electron chi connectivity index (χ4n) is 1.94. The van der Waals surface area contributed by atoms with E-state index in [0.29, 0.717) is 11.3 Å². The maximum atomic E-state index is 12.1. The van der Waals surface area contributed by atoms with Gasteiger partial charge >= 0.3 is 6.36 Å². The van der Waals surface area contributed by atoms with Gasteiger partial charge in [0.15, 0.2) is 12.4 Å². The third-order valence-electron chi connectivity index (χ3n) is 3.00. The molecule has 0 bridgehead atoms. The molecule has 0 aliphatic carbocycles. The molecule has 0 N–H and O–H groups in total. The molecule has 2 rings (SSSR count). The summed E-state index contributed by atoms with van der Waals surface area (Å²) in [5.41, 5.74) is 0.810. The second-order valence-corrected chi connectivity index (χ2v) is 4.75. The highest BCUT2D eigenvalue weighted by molar-refractivity contribution is 6.07. The highest BCUT2D eigenvalue weighted by Gasteiger charge is 2.30. The number of allylic oxidation sites excluding steroid dienone is 1. The molecule has 7 heteroatoms. The van der Waals surface area contributed by atoms with Crippen molar-refractivity contribution in [1.82, 2.24) is 0 Å². The molecule has 0 heterocycles. The number of ether oxygens (including phenoxy) is 2. The Balaban J connectivity index is 2.09. The molecule has 25 heavy (non-hydrogen) atoms. The van der Waals surface area contributed by atoms with E-state index in [-0.39, 0.29) is 12.2 Å². The average molecular weight is 347 g/mol. The number of benzene rings is 2. The predicted octanol–water partition coefficient (Wildman–Crippen LogP) is 4.38. The lowest BCUT2D eigenvalue weighted by molar-refractivity contribution is -0.274. The van der Waals surface area contributed by atoms with Crippen molar-refractivity contribution in [2.45, 2.75) is 6.36 Å². The summed E-state index contributed by atoms with van der Waals surface area (Å²) in [7, 11) is 0. The molecule has 0 radical (unpaired) electrons. The number of rotatable bonds is 6. The van der Waals surface area contributed by atoms with E-state index in [4.69, 9.17) is 10.00 Å². The first-order valence-electron chi connectivity index (χ1n) is 7.06. The number of para-hydroxylation sites is 1. The summed E-state index contributed by atoms with van der Waals surface area (Å²) < 4.78 is 45.3. The number of ketones is 1. The van der Waals surface area contributed by atoms with Gasteiger partial charge in [0.1, 0.15) is 17.6 Å². The molecular weight excluding hydrogens is 335 g/mol. The number of carbonyl (C=O) groups excluding carboxylic acids is 1. The van der Waals surface area contributed by atoms with Crippen molar-refractivity contribution in [3.8, 4) is 17.6 Å². The van der Waals surface area contributed by atoms with E-state index in [2.05, 4.69) is 4.74 Å². The van der Waals surface area contributed by atoms with Crippen LogP contribution in [0.3, 0.4) is 0 Å². The second kappa shape index (κ2) is 8.02. The zero-order chi connectivity index (χ0) is 18.3. The minimum Gasteiger partial charge on any atom is -0.478 e. The van der Waals surface area contributed by atoms with Gasteiger partial charge in [-0.25, -0.2) is 0 Å². The second-order valence-electron chi connectivity index (χ2n) is 4.75. The summed E-state index contributed by atoms with van der Waals surface area (Å²) in [4.78, 5) is 12.1. The first-order valence-corrected chi connectivity index (χ1v) is 7.06. The van der Waals surface area contributed by atoms with Crippen LogP contribution in [0.4, 0.5) is 13.2 Å². The van der Waals surface area contributed by atoms with Gasteiger partial charge < -0.3 is 9.47 Å². The van der Waals surface area contributed by atoms with Gasteiger partial charge in [-0.1, -0.05) is 18.2 Å². The van der Waals surface area contributed by atoms with Gasteiger partial charge in [0.25, 0.3) is 0 Å². The minimum atomic E-state index is -4.78. The lowest BCUT2D eigenvalue weighted by Gasteiger charge is -2.08. The lowest BCUT2D eigenvalue weighted by Crippen LogP contribution is -2.17. The molecule has 0 amide bonds. The molecule has 2 aromatic rings. The minimum absolute atomic E-state index is 0.126. The predicted molar refractivity (Wildman–Crippen MR) is 84.0 cm³/mol. The third kappa shape index (κ3) is 5.70. The van der Waals surface area contributed by atoms with Crippen LogP contribution in [-0.2, 0) is 0 Å². The lowest BCUT2D eigenvalue weighted by atomic mass is 10.1. The molecule has 0 saturated heterocycles. The van der Waals surface area contributed by atoms with Crippen molar-refractivity contribution in [3.05, 3.63) is 65.7 Å². The van der Waals surface area contributed by atoms with Crippen molar-refractivity contribution >= 4 is 11.9 Å². The Labute approximate surface area is 141 Å². The molecule has 4 nitrogen and oxygen atoms in total. The van der Waals surface area contributed by atoms with Crippen LogP contribution in [0.25, 0.3) is 6.08 Å². The number of hydrogen-bond acceptors (Lipinski definition) is 4. The Kier molecular flexibility index (Phi) is 5.79.